The molecule has 2 aromatic rings. The van der Waals surface area contributed by atoms with Crippen molar-refractivity contribution in [1.29, 1.82) is 0 Å². The molecule has 20 heavy (non-hydrogen) atoms. The monoisotopic (exact) mass is 400 g/mol. The third-order valence-electron chi connectivity index (χ3n) is 3.34. The zero-order chi connectivity index (χ0) is 14.7. The molecule has 0 fully saturated rings. The van der Waals surface area contributed by atoms with E-state index in [1.54, 1.807) is 0 Å². The lowest BCUT2D eigenvalue weighted by Gasteiger charge is -2.18. The van der Waals surface area contributed by atoms with Gasteiger partial charge in [-0.2, -0.15) is 5.10 Å². The van der Waals surface area contributed by atoms with Gasteiger partial charge in [-0.25, -0.2) is 0 Å². The van der Waals surface area contributed by atoms with Gasteiger partial charge in [-0.05, 0) is 30.2 Å². The molecule has 0 aliphatic heterocycles. The maximum Gasteiger partial charge on any atom is 0.0624 e. The lowest BCUT2D eigenvalue weighted by atomic mass is 10.0. The van der Waals surface area contributed by atoms with Crippen LogP contribution in [0.2, 0.25) is 0 Å². The quantitative estimate of drug-likeness (QED) is 0.597. The van der Waals surface area contributed by atoms with Gasteiger partial charge in [-0.1, -0.05) is 44.8 Å². The van der Waals surface area contributed by atoms with Crippen molar-refractivity contribution in [2.75, 3.05) is 0 Å². The fourth-order valence-electron chi connectivity index (χ4n) is 2.19. The van der Waals surface area contributed by atoms with Crippen LogP contribution in [-0.4, -0.2) is 9.78 Å². The molecule has 1 heterocycles. The third-order valence-corrected chi connectivity index (χ3v) is 4.52. The first-order valence-electron chi connectivity index (χ1n) is 6.48. The van der Waals surface area contributed by atoms with Gasteiger partial charge in [-0.3, -0.25) is 16.0 Å². The maximum atomic E-state index is 5.74. The molecule has 0 saturated carbocycles. The van der Waals surface area contributed by atoms with E-state index in [1.807, 2.05) is 23.9 Å². The van der Waals surface area contributed by atoms with Crippen LogP contribution in [-0.2, 0) is 19.9 Å². The van der Waals surface area contributed by atoms with Crippen LogP contribution in [0.25, 0.3) is 0 Å². The predicted molar refractivity (Wildman–Crippen MR) is 88.2 cm³/mol. The number of rotatable bonds is 5. The van der Waals surface area contributed by atoms with Crippen LogP contribution in [0.5, 0.6) is 0 Å². The summed E-state index contributed by atoms with van der Waals surface area (Å²) in [5, 5.41) is 4.48. The molecule has 0 aliphatic rings. The minimum Gasteiger partial charge on any atom is -0.272 e. The highest BCUT2D eigenvalue weighted by Gasteiger charge is 2.16. The van der Waals surface area contributed by atoms with E-state index in [4.69, 9.17) is 5.84 Å². The molecule has 0 saturated heterocycles. The Morgan fingerprint density at radius 2 is 2.10 bits per heavy atom. The van der Waals surface area contributed by atoms with Gasteiger partial charge in [0.2, 0.25) is 0 Å². The number of aryl methyl sites for hydroxylation is 2. The largest absolute Gasteiger partial charge is 0.272 e. The van der Waals surface area contributed by atoms with E-state index in [1.165, 1.54) is 5.69 Å². The fourth-order valence-corrected chi connectivity index (χ4v) is 3.51. The van der Waals surface area contributed by atoms with Crippen molar-refractivity contribution in [3.63, 3.8) is 0 Å². The van der Waals surface area contributed by atoms with Gasteiger partial charge in [0.15, 0.2) is 0 Å². The normalized spacial score (nSPS) is 12.7. The van der Waals surface area contributed by atoms with Crippen molar-refractivity contribution in [3.8, 4) is 0 Å². The van der Waals surface area contributed by atoms with Gasteiger partial charge in [-0.15, -0.1) is 0 Å². The van der Waals surface area contributed by atoms with E-state index in [0.717, 1.165) is 33.0 Å². The zero-order valence-electron chi connectivity index (χ0n) is 11.5. The summed E-state index contributed by atoms with van der Waals surface area (Å²) in [6, 6.07) is 8.29. The number of aromatic nitrogens is 2. The van der Waals surface area contributed by atoms with Crippen molar-refractivity contribution in [3.05, 3.63) is 50.2 Å². The van der Waals surface area contributed by atoms with Gasteiger partial charge >= 0.3 is 0 Å². The molecule has 1 aromatic carbocycles. The first-order valence-corrected chi connectivity index (χ1v) is 8.06. The second kappa shape index (κ2) is 6.85. The van der Waals surface area contributed by atoms with E-state index < -0.39 is 0 Å². The lowest BCUT2D eigenvalue weighted by Crippen LogP contribution is -2.30. The summed E-state index contributed by atoms with van der Waals surface area (Å²) in [6.07, 6.45) is 1.73. The number of nitrogens with zero attached hydrogens (tertiary/aromatic N) is 2. The molecule has 0 amide bonds. The zero-order valence-corrected chi connectivity index (χ0v) is 14.7. The first kappa shape index (κ1) is 15.7. The minimum atomic E-state index is 0.0394. The van der Waals surface area contributed by atoms with Gasteiger partial charge in [0.25, 0.3) is 0 Å². The van der Waals surface area contributed by atoms with E-state index in [9.17, 15) is 0 Å². The summed E-state index contributed by atoms with van der Waals surface area (Å²) >= 11 is 7.05. The van der Waals surface area contributed by atoms with Crippen LogP contribution >= 0.6 is 31.9 Å². The molecular weight excluding hydrogens is 384 g/mol. The van der Waals surface area contributed by atoms with E-state index in [0.29, 0.717) is 0 Å². The van der Waals surface area contributed by atoms with E-state index >= 15 is 0 Å². The Morgan fingerprint density at radius 1 is 1.35 bits per heavy atom. The smallest absolute Gasteiger partial charge is 0.0624 e. The standard InChI is InChI=1S/C14H18Br2N4/c1-3-10-7-11(20(2)19-10)8-14(18-17)12-5-4-9(15)6-13(12)16/h4-7,14,18H,3,8,17H2,1-2H3. The van der Waals surface area contributed by atoms with Gasteiger partial charge in [0.1, 0.15) is 0 Å². The molecule has 4 nitrogen and oxygen atoms in total. The first-order chi connectivity index (χ1) is 9.55. The number of hydrazine groups is 1. The van der Waals surface area contributed by atoms with Crippen molar-refractivity contribution in [2.24, 2.45) is 12.9 Å². The Hall–Kier alpha value is -0.690. The van der Waals surface area contributed by atoms with Crippen LogP contribution in [0.15, 0.2) is 33.2 Å². The number of nitrogens with two attached hydrogens (primary N) is 1. The molecule has 1 atom stereocenters. The number of hydrogen-bond acceptors (Lipinski definition) is 3. The number of nitrogens with one attached hydrogen (secondary N) is 1. The summed E-state index contributed by atoms with van der Waals surface area (Å²) in [7, 11) is 1.97. The van der Waals surface area contributed by atoms with Gasteiger partial charge in [0.05, 0.1) is 11.7 Å². The Bertz CT molecular complexity index is 595. The molecule has 0 spiro atoms. The van der Waals surface area contributed by atoms with Crippen molar-refractivity contribution >= 4 is 31.9 Å². The summed E-state index contributed by atoms with van der Waals surface area (Å²) in [4.78, 5) is 0. The van der Waals surface area contributed by atoms with Gasteiger partial charge in [0, 0.05) is 28.1 Å². The van der Waals surface area contributed by atoms with E-state index in [2.05, 4.69) is 61.4 Å². The van der Waals surface area contributed by atoms with Gasteiger partial charge < -0.3 is 0 Å². The van der Waals surface area contributed by atoms with Crippen LogP contribution in [0.3, 0.4) is 0 Å². The summed E-state index contributed by atoms with van der Waals surface area (Å²) in [5.74, 6) is 5.74. The average molecular weight is 402 g/mol. The van der Waals surface area contributed by atoms with E-state index in [-0.39, 0.29) is 6.04 Å². The SMILES string of the molecule is CCc1cc(CC(NN)c2ccc(Br)cc2Br)n(C)n1. The average Bonchev–Trinajstić information content (AvgIpc) is 2.77. The molecular formula is C14H18Br2N4. The second-order valence-corrected chi connectivity index (χ2v) is 6.46. The molecule has 0 radical (unpaired) electrons. The van der Waals surface area contributed by atoms with Crippen LogP contribution < -0.4 is 11.3 Å². The molecule has 0 bridgehead atoms. The fraction of sp³-hybridized carbons (Fsp3) is 0.357. The molecule has 108 valence electrons. The minimum absolute atomic E-state index is 0.0394. The second-order valence-electron chi connectivity index (χ2n) is 4.69. The van der Waals surface area contributed by atoms with Crippen LogP contribution in [0.1, 0.15) is 29.9 Å². The number of halogens is 2. The van der Waals surface area contributed by atoms with Crippen molar-refractivity contribution in [2.45, 2.75) is 25.8 Å². The molecule has 3 N–H and O–H groups in total. The molecule has 2 rings (SSSR count). The highest BCUT2D eigenvalue weighted by molar-refractivity contribution is 9.11. The summed E-state index contributed by atoms with van der Waals surface area (Å²) in [5.41, 5.74) is 6.30. The Balaban J connectivity index is 2.26. The van der Waals surface area contributed by atoms with Crippen molar-refractivity contribution in [1.82, 2.24) is 15.2 Å². The maximum absolute atomic E-state index is 5.74. The lowest BCUT2D eigenvalue weighted by molar-refractivity contribution is 0.528. The number of hydrogen-bond donors (Lipinski definition) is 2. The third kappa shape index (κ3) is 3.49. The Labute approximate surface area is 136 Å². The number of benzene rings is 1. The topological polar surface area (TPSA) is 55.9 Å². The highest BCUT2D eigenvalue weighted by Crippen LogP contribution is 2.28. The summed E-state index contributed by atoms with van der Waals surface area (Å²) < 4.78 is 4.00. The molecule has 0 aliphatic carbocycles. The van der Waals surface area contributed by atoms with Crippen molar-refractivity contribution < 1.29 is 0 Å². The molecule has 6 heteroatoms. The van der Waals surface area contributed by atoms with Crippen LogP contribution in [0.4, 0.5) is 0 Å². The summed E-state index contributed by atoms with van der Waals surface area (Å²) in [6.45, 7) is 2.11. The molecule has 1 aromatic heterocycles. The molecule has 1 unspecified atom stereocenters. The Morgan fingerprint density at radius 3 is 2.65 bits per heavy atom. The highest BCUT2D eigenvalue weighted by atomic mass is 79.9. The Kier molecular flexibility index (Phi) is 5.37. The van der Waals surface area contributed by atoms with Crippen LogP contribution in [0, 0.1) is 0 Å². The predicted octanol–water partition coefficient (Wildman–Crippen LogP) is 3.25.